The van der Waals surface area contributed by atoms with Crippen molar-refractivity contribution in [1.29, 1.82) is 0 Å². The first-order valence-electron chi connectivity index (χ1n) is 11.8. The standard InChI is InChI=1S/C29H33NO2/c1-2-32-28(31)20-23-30-21-18-27(19-22-30)29(24-12-6-3-7-13-24,25-14-8-4-9-15-25)26-16-10-5-11-17-26/h3-17,27H,2,18-23H2,1H3. The highest BCUT2D eigenvalue weighted by Crippen LogP contribution is 2.48. The maximum atomic E-state index is 11.8. The SMILES string of the molecule is CCOC(=O)CCN1CCC(C(c2ccccc2)(c2ccccc2)c2ccccc2)CC1. The zero-order valence-corrected chi connectivity index (χ0v) is 19.0. The summed E-state index contributed by atoms with van der Waals surface area (Å²) < 4.78 is 5.12. The molecule has 0 bridgehead atoms. The van der Waals surface area contributed by atoms with E-state index in [2.05, 4.69) is 95.9 Å². The summed E-state index contributed by atoms with van der Waals surface area (Å²) in [6, 6.07) is 33.0. The Morgan fingerprint density at radius 3 is 1.66 bits per heavy atom. The molecule has 0 saturated carbocycles. The second-order valence-electron chi connectivity index (χ2n) is 8.58. The lowest BCUT2D eigenvalue weighted by molar-refractivity contribution is -0.143. The molecule has 1 heterocycles. The normalized spacial score (nSPS) is 15.4. The lowest BCUT2D eigenvalue weighted by Crippen LogP contribution is -2.45. The first-order valence-corrected chi connectivity index (χ1v) is 11.8. The molecule has 0 atom stereocenters. The molecule has 0 radical (unpaired) electrons. The maximum absolute atomic E-state index is 11.8. The molecule has 1 aliphatic heterocycles. The van der Waals surface area contributed by atoms with Gasteiger partial charge in [0.2, 0.25) is 0 Å². The number of carbonyl (C=O) groups excluding carboxylic acids is 1. The quantitative estimate of drug-likeness (QED) is 0.342. The molecule has 0 N–H and O–H groups in total. The van der Waals surface area contributed by atoms with Gasteiger partial charge in [0.15, 0.2) is 0 Å². The van der Waals surface area contributed by atoms with Gasteiger partial charge in [-0.15, -0.1) is 0 Å². The van der Waals surface area contributed by atoms with Crippen molar-refractivity contribution in [3.8, 4) is 0 Å². The van der Waals surface area contributed by atoms with Crippen LogP contribution in [0.1, 0.15) is 42.9 Å². The second-order valence-corrected chi connectivity index (χ2v) is 8.58. The van der Waals surface area contributed by atoms with Crippen LogP contribution in [0.2, 0.25) is 0 Å². The Morgan fingerprint density at radius 1 is 0.812 bits per heavy atom. The lowest BCUT2D eigenvalue weighted by atomic mass is 9.59. The van der Waals surface area contributed by atoms with Crippen molar-refractivity contribution in [2.24, 2.45) is 5.92 Å². The average Bonchev–Trinajstić information content (AvgIpc) is 2.86. The van der Waals surface area contributed by atoms with Crippen LogP contribution >= 0.6 is 0 Å². The van der Waals surface area contributed by atoms with Gasteiger partial charge in [-0.2, -0.15) is 0 Å². The van der Waals surface area contributed by atoms with E-state index in [9.17, 15) is 4.79 Å². The Labute approximate surface area is 192 Å². The van der Waals surface area contributed by atoms with Crippen LogP contribution in [-0.2, 0) is 14.9 Å². The number of hydrogen-bond donors (Lipinski definition) is 0. The first-order chi connectivity index (χ1) is 15.7. The van der Waals surface area contributed by atoms with Crippen LogP contribution in [0.3, 0.4) is 0 Å². The van der Waals surface area contributed by atoms with Crippen LogP contribution in [0.5, 0.6) is 0 Å². The van der Waals surface area contributed by atoms with E-state index in [-0.39, 0.29) is 11.4 Å². The highest BCUT2D eigenvalue weighted by molar-refractivity contribution is 5.69. The number of esters is 1. The smallest absolute Gasteiger partial charge is 0.307 e. The fraction of sp³-hybridized carbons (Fsp3) is 0.345. The van der Waals surface area contributed by atoms with Crippen LogP contribution in [0, 0.1) is 5.92 Å². The predicted octanol–water partition coefficient (Wildman–Crippen LogP) is 5.69. The Morgan fingerprint density at radius 2 is 1.25 bits per heavy atom. The van der Waals surface area contributed by atoms with E-state index in [1.165, 1.54) is 16.7 Å². The molecular formula is C29H33NO2. The molecule has 3 heteroatoms. The van der Waals surface area contributed by atoms with E-state index in [0.717, 1.165) is 32.5 Å². The number of rotatable bonds is 8. The summed E-state index contributed by atoms with van der Waals surface area (Å²) in [6.07, 6.45) is 2.64. The molecule has 4 rings (SSSR count). The molecule has 166 valence electrons. The number of ether oxygens (including phenoxy) is 1. The molecule has 1 fully saturated rings. The zero-order valence-electron chi connectivity index (χ0n) is 19.0. The van der Waals surface area contributed by atoms with Gasteiger partial charge < -0.3 is 9.64 Å². The van der Waals surface area contributed by atoms with Gasteiger partial charge in [-0.05, 0) is 55.5 Å². The van der Waals surface area contributed by atoms with E-state index >= 15 is 0 Å². The van der Waals surface area contributed by atoms with Crippen molar-refractivity contribution in [3.05, 3.63) is 108 Å². The molecule has 1 aliphatic rings. The van der Waals surface area contributed by atoms with E-state index in [1.807, 2.05) is 6.92 Å². The number of piperidine rings is 1. The number of likely N-dealkylation sites (tertiary alicyclic amines) is 1. The third-order valence-electron chi connectivity index (χ3n) is 6.82. The first kappa shape index (κ1) is 22.3. The second kappa shape index (κ2) is 10.6. The summed E-state index contributed by atoms with van der Waals surface area (Å²) >= 11 is 0. The fourth-order valence-electron chi connectivity index (χ4n) is 5.38. The van der Waals surface area contributed by atoms with Gasteiger partial charge in [-0.1, -0.05) is 91.0 Å². The largest absolute Gasteiger partial charge is 0.466 e. The summed E-state index contributed by atoms with van der Waals surface area (Å²) in [6.45, 7) is 5.09. The van der Waals surface area contributed by atoms with Crippen LogP contribution in [0.25, 0.3) is 0 Å². The topological polar surface area (TPSA) is 29.5 Å². The van der Waals surface area contributed by atoms with Gasteiger partial charge >= 0.3 is 5.97 Å². The van der Waals surface area contributed by atoms with Crippen molar-refractivity contribution >= 4 is 5.97 Å². The van der Waals surface area contributed by atoms with E-state index in [0.29, 0.717) is 18.9 Å². The van der Waals surface area contributed by atoms with Crippen LogP contribution in [0.15, 0.2) is 91.0 Å². The van der Waals surface area contributed by atoms with Crippen molar-refractivity contribution < 1.29 is 9.53 Å². The minimum atomic E-state index is -0.197. The number of benzene rings is 3. The molecule has 0 unspecified atom stereocenters. The van der Waals surface area contributed by atoms with Crippen LogP contribution in [0.4, 0.5) is 0 Å². The number of nitrogens with zero attached hydrogens (tertiary/aromatic N) is 1. The monoisotopic (exact) mass is 427 g/mol. The van der Waals surface area contributed by atoms with Gasteiger partial charge in [0.25, 0.3) is 0 Å². The third kappa shape index (κ3) is 4.63. The molecule has 3 aromatic carbocycles. The van der Waals surface area contributed by atoms with Crippen molar-refractivity contribution in [1.82, 2.24) is 4.90 Å². The molecular weight excluding hydrogens is 394 g/mol. The third-order valence-corrected chi connectivity index (χ3v) is 6.82. The van der Waals surface area contributed by atoms with Crippen molar-refractivity contribution in [2.75, 3.05) is 26.2 Å². The van der Waals surface area contributed by atoms with Crippen LogP contribution in [-0.4, -0.2) is 37.1 Å². The van der Waals surface area contributed by atoms with Crippen molar-refractivity contribution in [3.63, 3.8) is 0 Å². The van der Waals surface area contributed by atoms with Crippen molar-refractivity contribution in [2.45, 2.75) is 31.6 Å². The Balaban J connectivity index is 1.68. The molecule has 0 amide bonds. The summed E-state index contributed by atoms with van der Waals surface area (Å²) in [5.41, 5.74) is 3.85. The molecule has 0 spiro atoms. The summed E-state index contributed by atoms with van der Waals surface area (Å²) in [4.78, 5) is 14.2. The molecule has 0 aromatic heterocycles. The molecule has 0 aliphatic carbocycles. The molecule has 3 nitrogen and oxygen atoms in total. The highest BCUT2D eigenvalue weighted by atomic mass is 16.5. The number of hydrogen-bond acceptors (Lipinski definition) is 3. The van der Waals surface area contributed by atoms with Gasteiger partial charge in [-0.3, -0.25) is 4.79 Å². The van der Waals surface area contributed by atoms with E-state index in [1.54, 1.807) is 0 Å². The Bertz CT molecular complexity index is 867. The maximum Gasteiger partial charge on any atom is 0.307 e. The Hall–Kier alpha value is -2.91. The predicted molar refractivity (Wildman–Crippen MR) is 130 cm³/mol. The summed E-state index contributed by atoms with van der Waals surface area (Å²) in [5, 5.41) is 0. The minimum absolute atomic E-state index is 0.0955. The van der Waals surface area contributed by atoms with Crippen LogP contribution < -0.4 is 0 Å². The van der Waals surface area contributed by atoms with E-state index in [4.69, 9.17) is 4.74 Å². The fourth-order valence-corrected chi connectivity index (χ4v) is 5.38. The summed E-state index contributed by atoms with van der Waals surface area (Å²) in [7, 11) is 0. The highest BCUT2D eigenvalue weighted by Gasteiger charge is 2.44. The summed E-state index contributed by atoms with van der Waals surface area (Å²) in [5.74, 6) is 0.371. The van der Waals surface area contributed by atoms with E-state index < -0.39 is 0 Å². The lowest BCUT2D eigenvalue weighted by Gasteiger charge is -2.46. The number of carbonyl (C=O) groups is 1. The average molecular weight is 428 g/mol. The molecule has 1 saturated heterocycles. The zero-order chi connectivity index (χ0) is 22.2. The van der Waals surface area contributed by atoms with Gasteiger partial charge in [0.1, 0.15) is 0 Å². The van der Waals surface area contributed by atoms with Gasteiger partial charge in [0, 0.05) is 12.0 Å². The molecule has 3 aromatic rings. The molecule has 32 heavy (non-hydrogen) atoms. The van der Waals surface area contributed by atoms with Gasteiger partial charge in [-0.25, -0.2) is 0 Å². The Kier molecular flexibility index (Phi) is 7.39. The minimum Gasteiger partial charge on any atom is -0.466 e. The van der Waals surface area contributed by atoms with Gasteiger partial charge in [0.05, 0.1) is 13.0 Å².